The van der Waals surface area contributed by atoms with Crippen LogP contribution in [0.15, 0.2) is 23.0 Å². The third-order valence-electron chi connectivity index (χ3n) is 4.58. The van der Waals surface area contributed by atoms with Crippen molar-refractivity contribution in [1.29, 1.82) is 0 Å². The standard InChI is InChI=1S/C19H23ClN4O3/c1-12-11-14(20)3-5-16(12)22-17(25)6-4-15-13(2)21-19(23-18(15)26)24-7-9-27-10-8-24/h3,5,11H,4,6-10H2,1-2H3,(H,22,25)(H,21,23,26). The summed E-state index contributed by atoms with van der Waals surface area (Å²) in [7, 11) is 0. The van der Waals surface area contributed by atoms with Gasteiger partial charge in [0.15, 0.2) is 0 Å². The van der Waals surface area contributed by atoms with Crippen LogP contribution in [-0.4, -0.2) is 42.2 Å². The van der Waals surface area contributed by atoms with E-state index in [0.717, 1.165) is 11.3 Å². The summed E-state index contributed by atoms with van der Waals surface area (Å²) < 4.78 is 5.32. The molecule has 1 fully saturated rings. The summed E-state index contributed by atoms with van der Waals surface area (Å²) in [6.07, 6.45) is 0.528. The second-order valence-corrected chi connectivity index (χ2v) is 7.00. The number of rotatable bonds is 5. The number of carbonyl (C=O) groups excluding carboxylic acids is 1. The maximum atomic E-state index is 12.5. The van der Waals surface area contributed by atoms with Crippen LogP contribution < -0.4 is 15.8 Å². The van der Waals surface area contributed by atoms with E-state index in [2.05, 4.69) is 15.3 Å². The Kier molecular flexibility index (Phi) is 6.13. The van der Waals surface area contributed by atoms with Crippen LogP contribution in [0.3, 0.4) is 0 Å². The third kappa shape index (κ3) is 4.87. The molecule has 0 atom stereocenters. The lowest BCUT2D eigenvalue weighted by Crippen LogP contribution is -2.38. The van der Waals surface area contributed by atoms with Crippen molar-refractivity contribution >= 4 is 29.1 Å². The predicted octanol–water partition coefficient (Wildman–Crippen LogP) is 2.45. The number of amides is 1. The van der Waals surface area contributed by atoms with Gasteiger partial charge < -0.3 is 15.0 Å². The maximum absolute atomic E-state index is 12.5. The number of anilines is 2. The molecule has 0 spiro atoms. The number of H-pyrrole nitrogens is 1. The van der Waals surface area contributed by atoms with Gasteiger partial charge in [0, 0.05) is 41.5 Å². The summed E-state index contributed by atoms with van der Waals surface area (Å²) in [5, 5.41) is 3.48. The van der Waals surface area contributed by atoms with Gasteiger partial charge in [-0.15, -0.1) is 0 Å². The summed E-state index contributed by atoms with van der Waals surface area (Å²) in [5.74, 6) is 0.405. The summed E-state index contributed by atoms with van der Waals surface area (Å²) in [4.78, 5) is 34.1. The highest BCUT2D eigenvalue weighted by Crippen LogP contribution is 2.20. The Hall–Kier alpha value is -2.38. The summed E-state index contributed by atoms with van der Waals surface area (Å²) >= 11 is 5.93. The number of hydrogen-bond donors (Lipinski definition) is 2. The second-order valence-electron chi connectivity index (χ2n) is 6.56. The van der Waals surface area contributed by atoms with Crippen LogP contribution in [0.2, 0.25) is 5.02 Å². The van der Waals surface area contributed by atoms with Gasteiger partial charge in [-0.3, -0.25) is 14.6 Å². The average Bonchev–Trinajstić information content (AvgIpc) is 2.64. The lowest BCUT2D eigenvalue weighted by Gasteiger charge is -2.27. The molecule has 27 heavy (non-hydrogen) atoms. The largest absolute Gasteiger partial charge is 0.378 e. The van der Waals surface area contributed by atoms with Gasteiger partial charge in [0.25, 0.3) is 5.56 Å². The van der Waals surface area contributed by atoms with Crippen molar-refractivity contribution in [3.8, 4) is 0 Å². The average molecular weight is 391 g/mol. The topological polar surface area (TPSA) is 87.3 Å². The minimum absolute atomic E-state index is 0.156. The Morgan fingerprint density at radius 3 is 2.74 bits per heavy atom. The van der Waals surface area contributed by atoms with Gasteiger partial charge in [-0.05, 0) is 44.0 Å². The zero-order valence-corrected chi connectivity index (χ0v) is 16.2. The summed E-state index contributed by atoms with van der Waals surface area (Å²) in [5.41, 5.74) is 2.60. The molecule has 1 aliphatic rings. The Morgan fingerprint density at radius 2 is 2.07 bits per heavy atom. The summed E-state index contributed by atoms with van der Waals surface area (Å²) in [6, 6.07) is 5.29. The fourth-order valence-corrected chi connectivity index (χ4v) is 3.26. The van der Waals surface area contributed by atoms with E-state index >= 15 is 0 Å². The van der Waals surface area contributed by atoms with Crippen molar-refractivity contribution < 1.29 is 9.53 Å². The van der Waals surface area contributed by atoms with Gasteiger partial charge in [-0.2, -0.15) is 0 Å². The highest BCUT2D eigenvalue weighted by atomic mass is 35.5. The van der Waals surface area contributed by atoms with Crippen molar-refractivity contribution in [3.63, 3.8) is 0 Å². The Balaban J connectivity index is 1.65. The van der Waals surface area contributed by atoms with Crippen LogP contribution in [0.25, 0.3) is 0 Å². The number of nitrogens with one attached hydrogen (secondary N) is 2. The third-order valence-corrected chi connectivity index (χ3v) is 4.82. The number of aromatic nitrogens is 2. The number of aryl methyl sites for hydroxylation is 2. The van der Waals surface area contributed by atoms with Crippen LogP contribution >= 0.6 is 11.6 Å². The van der Waals surface area contributed by atoms with Crippen molar-refractivity contribution in [2.75, 3.05) is 36.5 Å². The first-order chi connectivity index (χ1) is 12.9. The van der Waals surface area contributed by atoms with Crippen LogP contribution in [0, 0.1) is 13.8 Å². The molecule has 7 nitrogen and oxygen atoms in total. The molecular weight excluding hydrogens is 368 g/mol. The Morgan fingerprint density at radius 1 is 1.33 bits per heavy atom. The number of aromatic amines is 1. The lowest BCUT2D eigenvalue weighted by molar-refractivity contribution is -0.116. The molecule has 1 aromatic carbocycles. The normalized spacial score (nSPS) is 14.3. The van der Waals surface area contributed by atoms with Crippen LogP contribution in [0.5, 0.6) is 0 Å². The molecule has 1 saturated heterocycles. The van der Waals surface area contributed by atoms with Crippen molar-refractivity contribution in [2.24, 2.45) is 0 Å². The molecule has 0 unspecified atom stereocenters. The van der Waals surface area contributed by atoms with Crippen LogP contribution in [0.1, 0.15) is 23.2 Å². The lowest BCUT2D eigenvalue weighted by atomic mass is 10.1. The van der Waals surface area contributed by atoms with E-state index in [0.29, 0.717) is 55.0 Å². The molecule has 0 bridgehead atoms. The predicted molar refractivity (Wildman–Crippen MR) is 106 cm³/mol. The zero-order valence-electron chi connectivity index (χ0n) is 15.5. The molecule has 0 radical (unpaired) electrons. The van der Waals surface area contributed by atoms with Crippen molar-refractivity contribution in [3.05, 3.63) is 50.4 Å². The SMILES string of the molecule is Cc1cc(Cl)ccc1NC(=O)CCc1c(C)nc(N2CCOCC2)[nH]c1=O. The molecule has 1 aromatic heterocycles. The molecule has 1 amide bonds. The van der Waals surface area contributed by atoms with Crippen LogP contribution in [0.4, 0.5) is 11.6 Å². The first kappa shape index (κ1) is 19.4. The van der Waals surface area contributed by atoms with E-state index in [1.165, 1.54) is 0 Å². The molecule has 0 saturated carbocycles. The molecule has 2 heterocycles. The second kappa shape index (κ2) is 8.54. The highest BCUT2D eigenvalue weighted by Gasteiger charge is 2.17. The van der Waals surface area contributed by atoms with E-state index < -0.39 is 0 Å². The van der Waals surface area contributed by atoms with E-state index in [4.69, 9.17) is 16.3 Å². The zero-order chi connectivity index (χ0) is 19.4. The quantitative estimate of drug-likeness (QED) is 0.818. The number of morpholine rings is 1. The first-order valence-electron chi connectivity index (χ1n) is 8.92. The monoisotopic (exact) mass is 390 g/mol. The molecule has 2 N–H and O–H groups in total. The molecule has 3 rings (SSSR count). The number of ether oxygens (including phenoxy) is 1. The maximum Gasteiger partial charge on any atom is 0.255 e. The van der Waals surface area contributed by atoms with E-state index in [-0.39, 0.29) is 17.9 Å². The van der Waals surface area contributed by atoms with Crippen LogP contribution in [-0.2, 0) is 16.0 Å². The van der Waals surface area contributed by atoms with Gasteiger partial charge >= 0.3 is 0 Å². The van der Waals surface area contributed by atoms with Gasteiger partial charge in [0.05, 0.1) is 13.2 Å². The van der Waals surface area contributed by atoms with E-state index in [1.54, 1.807) is 25.1 Å². The number of halogens is 1. The minimum Gasteiger partial charge on any atom is -0.378 e. The van der Waals surface area contributed by atoms with Gasteiger partial charge in [-0.25, -0.2) is 4.98 Å². The van der Waals surface area contributed by atoms with Crippen molar-refractivity contribution in [2.45, 2.75) is 26.7 Å². The fourth-order valence-electron chi connectivity index (χ4n) is 3.03. The first-order valence-corrected chi connectivity index (χ1v) is 9.30. The number of nitrogens with zero attached hydrogens (tertiary/aromatic N) is 2. The highest BCUT2D eigenvalue weighted by molar-refractivity contribution is 6.30. The van der Waals surface area contributed by atoms with Gasteiger partial charge in [-0.1, -0.05) is 11.6 Å². The van der Waals surface area contributed by atoms with Gasteiger partial charge in [0.1, 0.15) is 0 Å². The smallest absolute Gasteiger partial charge is 0.255 e. The molecule has 2 aromatic rings. The number of carbonyl (C=O) groups is 1. The van der Waals surface area contributed by atoms with Gasteiger partial charge in [0.2, 0.25) is 11.9 Å². The molecule has 8 heteroatoms. The molecule has 0 aliphatic carbocycles. The van der Waals surface area contributed by atoms with E-state index in [9.17, 15) is 9.59 Å². The number of benzene rings is 1. The summed E-state index contributed by atoms with van der Waals surface area (Å²) in [6.45, 7) is 6.32. The molecule has 144 valence electrons. The Bertz CT molecular complexity index is 891. The van der Waals surface area contributed by atoms with Crippen molar-refractivity contribution in [1.82, 2.24) is 9.97 Å². The van der Waals surface area contributed by atoms with E-state index in [1.807, 2.05) is 11.8 Å². The minimum atomic E-state index is -0.195. The number of hydrogen-bond acceptors (Lipinski definition) is 5. The molecule has 1 aliphatic heterocycles. The fraction of sp³-hybridized carbons (Fsp3) is 0.421. The Labute approximate surface area is 162 Å². The molecular formula is C19H23ClN4O3.